The Hall–Kier alpha value is -1.02. The van der Waals surface area contributed by atoms with Gasteiger partial charge < -0.3 is 28.8 Å². The summed E-state index contributed by atoms with van der Waals surface area (Å²) in [5.41, 5.74) is 0. The highest BCUT2D eigenvalue weighted by molar-refractivity contribution is 7.45. The molecule has 0 aromatic carbocycles. The molecule has 2 N–H and O–H groups in total. The highest BCUT2D eigenvalue weighted by Gasteiger charge is 2.23. The fourth-order valence-corrected chi connectivity index (χ4v) is 6.18. The SMILES string of the molecule is CCCCCCCCCCC/C=C/CC/C=C/[C@@H](O)[C@H](COP(=O)([O-])OCC[N+](C)(C)C)NC(=O)CCCCCCCCCCCCC. The van der Waals surface area contributed by atoms with Crippen LogP contribution in [-0.4, -0.2) is 68.5 Å². The average molecular weight is 701 g/mol. The monoisotopic (exact) mass is 701 g/mol. The van der Waals surface area contributed by atoms with Crippen molar-refractivity contribution < 1.29 is 32.9 Å². The molecule has 0 bridgehead atoms. The van der Waals surface area contributed by atoms with E-state index in [1.165, 1.54) is 109 Å². The number of phosphoric ester groups is 1. The molecule has 0 rings (SSSR count). The standard InChI is InChI=1S/C39H77N2O6P/c1-6-8-10-12-14-16-18-19-20-21-23-24-26-28-30-32-38(42)37(36-47-48(44,45)46-35-34-41(3,4)5)40-39(43)33-31-29-27-25-22-17-15-13-11-9-7-2/h23-24,30,32,37-38,42H,6-22,25-29,31,33-36H2,1-5H3,(H-,40,43,44,45)/b24-23+,32-30+/t37-,38+/m0/s1. The Bertz CT molecular complexity index is 845. The van der Waals surface area contributed by atoms with Gasteiger partial charge in [0, 0.05) is 6.42 Å². The Balaban J connectivity index is 4.57. The topological polar surface area (TPSA) is 108 Å². The van der Waals surface area contributed by atoms with Gasteiger partial charge in [-0.3, -0.25) is 9.36 Å². The molecule has 0 saturated carbocycles. The molecule has 0 aliphatic rings. The molecular formula is C39H77N2O6P. The van der Waals surface area contributed by atoms with Gasteiger partial charge in [0.05, 0.1) is 39.9 Å². The van der Waals surface area contributed by atoms with Crippen molar-refractivity contribution in [1.82, 2.24) is 5.32 Å². The van der Waals surface area contributed by atoms with Crippen molar-refractivity contribution in [3.8, 4) is 0 Å². The minimum absolute atomic E-state index is 0.00470. The van der Waals surface area contributed by atoms with E-state index in [-0.39, 0.29) is 19.1 Å². The van der Waals surface area contributed by atoms with Gasteiger partial charge >= 0.3 is 0 Å². The molecule has 48 heavy (non-hydrogen) atoms. The number of nitrogens with one attached hydrogen (secondary N) is 1. The van der Waals surface area contributed by atoms with E-state index in [2.05, 4.69) is 31.3 Å². The van der Waals surface area contributed by atoms with Gasteiger partial charge in [-0.2, -0.15) is 0 Å². The fraction of sp³-hybridized carbons (Fsp3) is 0.872. The molecule has 9 heteroatoms. The van der Waals surface area contributed by atoms with Crippen molar-refractivity contribution >= 4 is 13.7 Å². The van der Waals surface area contributed by atoms with E-state index in [4.69, 9.17) is 9.05 Å². The molecule has 0 fully saturated rings. The summed E-state index contributed by atoms with van der Waals surface area (Å²) in [6, 6.07) is -0.895. The Morgan fingerprint density at radius 2 is 1.17 bits per heavy atom. The first-order valence-corrected chi connectivity index (χ1v) is 21.2. The van der Waals surface area contributed by atoms with Crippen LogP contribution in [0.3, 0.4) is 0 Å². The molecule has 0 heterocycles. The average Bonchev–Trinajstić information content (AvgIpc) is 3.02. The van der Waals surface area contributed by atoms with Crippen LogP contribution in [0.1, 0.15) is 168 Å². The lowest BCUT2D eigenvalue weighted by Crippen LogP contribution is -2.45. The number of hydrogen-bond donors (Lipinski definition) is 2. The van der Waals surface area contributed by atoms with Crippen molar-refractivity contribution in [2.45, 2.75) is 180 Å². The molecule has 284 valence electrons. The summed E-state index contributed by atoms with van der Waals surface area (Å²) in [6.45, 7) is 4.59. The van der Waals surface area contributed by atoms with Gasteiger partial charge in [0.15, 0.2) is 0 Å². The van der Waals surface area contributed by atoms with Crippen molar-refractivity contribution in [2.75, 3.05) is 40.9 Å². The quantitative estimate of drug-likeness (QED) is 0.0295. The van der Waals surface area contributed by atoms with Crippen LogP contribution in [0, 0.1) is 0 Å². The third kappa shape index (κ3) is 33.5. The van der Waals surface area contributed by atoms with E-state index in [1.807, 2.05) is 27.2 Å². The smallest absolute Gasteiger partial charge is 0.268 e. The maximum Gasteiger partial charge on any atom is 0.268 e. The minimum Gasteiger partial charge on any atom is -0.756 e. The van der Waals surface area contributed by atoms with Gasteiger partial charge in [-0.1, -0.05) is 154 Å². The lowest BCUT2D eigenvalue weighted by atomic mass is 10.0. The molecule has 0 aromatic rings. The normalized spacial score (nSPS) is 14.9. The summed E-state index contributed by atoms with van der Waals surface area (Å²) in [6.07, 6.45) is 35.0. The highest BCUT2D eigenvalue weighted by Crippen LogP contribution is 2.38. The maximum absolute atomic E-state index is 12.7. The van der Waals surface area contributed by atoms with Crippen LogP contribution in [0.25, 0.3) is 0 Å². The summed E-state index contributed by atoms with van der Waals surface area (Å²) >= 11 is 0. The molecule has 0 aliphatic carbocycles. The van der Waals surface area contributed by atoms with Gasteiger partial charge in [-0.05, 0) is 32.1 Å². The van der Waals surface area contributed by atoms with Crippen LogP contribution in [-0.2, 0) is 18.4 Å². The lowest BCUT2D eigenvalue weighted by Gasteiger charge is -2.29. The number of rotatable bonds is 35. The van der Waals surface area contributed by atoms with E-state index >= 15 is 0 Å². The van der Waals surface area contributed by atoms with Gasteiger partial charge in [0.1, 0.15) is 13.2 Å². The van der Waals surface area contributed by atoms with E-state index in [0.717, 1.165) is 38.5 Å². The largest absolute Gasteiger partial charge is 0.756 e. The molecule has 3 atom stereocenters. The van der Waals surface area contributed by atoms with Crippen molar-refractivity contribution in [3.05, 3.63) is 24.3 Å². The Labute approximate surface area is 296 Å². The second-order valence-corrected chi connectivity index (χ2v) is 16.0. The summed E-state index contributed by atoms with van der Waals surface area (Å²) in [7, 11) is 1.24. The number of nitrogens with zero attached hydrogens (tertiary/aromatic N) is 1. The zero-order valence-corrected chi connectivity index (χ0v) is 32.8. The molecule has 0 aliphatic heterocycles. The van der Waals surface area contributed by atoms with Gasteiger partial charge in [0.2, 0.25) is 5.91 Å². The summed E-state index contributed by atoms with van der Waals surface area (Å²) in [5, 5.41) is 13.7. The number of carbonyl (C=O) groups is 1. The third-order valence-corrected chi connectivity index (χ3v) is 9.63. The Kier molecular flexibility index (Phi) is 31.2. The third-order valence-electron chi connectivity index (χ3n) is 8.66. The Morgan fingerprint density at radius 1 is 0.708 bits per heavy atom. The van der Waals surface area contributed by atoms with E-state index in [1.54, 1.807) is 6.08 Å². The first kappa shape index (κ1) is 47.0. The predicted molar refractivity (Wildman–Crippen MR) is 201 cm³/mol. The highest BCUT2D eigenvalue weighted by atomic mass is 31.2. The molecule has 0 saturated heterocycles. The maximum atomic E-state index is 12.7. The molecule has 1 unspecified atom stereocenters. The number of phosphoric acid groups is 1. The Morgan fingerprint density at radius 3 is 1.69 bits per heavy atom. The number of hydrogen-bond acceptors (Lipinski definition) is 6. The summed E-state index contributed by atoms with van der Waals surface area (Å²) in [5.74, 6) is -0.210. The predicted octanol–water partition coefficient (Wildman–Crippen LogP) is 9.55. The summed E-state index contributed by atoms with van der Waals surface area (Å²) in [4.78, 5) is 25.1. The molecule has 0 spiro atoms. The second kappa shape index (κ2) is 31.9. The molecule has 0 aromatic heterocycles. The minimum atomic E-state index is -4.58. The molecular weight excluding hydrogens is 623 g/mol. The van der Waals surface area contributed by atoms with Crippen molar-refractivity contribution in [3.63, 3.8) is 0 Å². The molecule has 8 nitrogen and oxygen atoms in total. The van der Waals surface area contributed by atoms with Crippen LogP contribution < -0.4 is 10.2 Å². The van der Waals surface area contributed by atoms with Crippen molar-refractivity contribution in [1.29, 1.82) is 0 Å². The van der Waals surface area contributed by atoms with Crippen molar-refractivity contribution in [2.24, 2.45) is 0 Å². The van der Waals surface area contributed by atoms with Gasteiger partial charge in [0.25, 0.3) is 7.82 Å². The first-order chi connectivity index (χ1) is 23.0. The first-order valence-electron chi connectivity index (χ1n) is 19.7. The number of carbonyl (C=O) groups excluding carboxylic acids is 1. The fourth-order valence-electron chi connectivity index (χ4n) is 5.46. The number of amides is 1. The number of allylic oxidation sites excluding steroid dienone is 3. The summed E-state index contributed by atoms with van der Waals surface area (Å²) < 4.78 is 23.1. The number of quaternary nitrogens is 1. The zero-order valence-electron chi connectivity index (χ0n) is 31.9. The number of aliphatic hydroxyl groups excluding tert-OH is 1. The number of aliphatic hydroxyl groups is 1. The van der Waals surface area contributed by atoms with E-state index in [0.29, 0.717) is 17.4 Å². The van der Waals surface area contributed by atoms with E-state index < -0.39 is 20.0 Å². The zero-order chi connectivity index (χ0) is 35.8. The number of likely N-dealkylation sites (N-methyl/N-ethyl adjacent to an activating group) is 1. The van der Waals surface area contributed by atoms with Gasteiger partial charge in [-0.15, -0.1) is 0 Å². The van der Waals surface area contributed by atoms with Crippen LogP contribution in [0.2, 0.25) is 0 Å². The van der Waals surface area contributed by atoms with Gasteiger partial charge in [-0.25, -0.2) is 0 Å². The number of unbranched alkanes of at least 4 members (excludes halogenated alkanes) is 20. The second-order valence-electron chi connectivity index (χ2n) is 14.6. The van der Waals surface area contributed by atoms with Crippen LogP contribution in [0.4, 0.5) is 0 Å². The van der Waals surface area contributed by atoms with E-state index in [9.17, 15) is 19.4 Å². The van der Waals surface area contributed by atoms with Crippen LogP contribution in [0.15, 0.2) is 24.3 Å². The molecule has 1 amide bonds. The van der Waals surface area contributed by atoms with Crippen LogP contribution >= 0.6 is 7.82 Å². The van der Waals surface area contributed by atoms with Crippen LogP contribution in [0.5, 0.6) is 0 Å². The molecule has 0 radical (unpaired) electrons. The lowest BCUT2D eigenvalue weighted by molar-refractivity contribution is -0.870.